The largest absolute Gasteiger partial charge is 0.483 e. The highest BCUT2D eigenvalue weighted by Crippen LogP contribution is 2.39. The lowest BCUT2D eigenvalue weighted by molar-refractivity contribution is -0.0154. The molecule has 0 saturated heterocycles. The van der Waals surface area contributed by atoms with Crippen LogP contribution in [0.25, 0.3) is 6.08 Å². The van der Waals surface area contributed by atoms with Crippen LogP contribution < -0.4 is 15.2 Å². The summed E-state index contributed by atoms with van der Waals surface area (Å²) in [5.74, 6) is 1.08. The molecule has 0 aliphatic carbocycles. The lowest BCUT2D eigenvalue weighted by atomic mass is 10.0. The summed E-state index contributed by atoms with van der Waals surface area (Å²) in [5, 5.41) is 13.6. The number of benzene rings is 2. The van der Waals surface area contributed by atoms with Gasteiger partial charge in [-0.25, -0.2) is 0 Å². The highest BCUT2D eigenvalue weighted by atomic mass is 16.6. The van der Waals surface area contributed by atoms with Crippen LogP contribution in [-0.2, 0) is 5.72 Å². The first-order chi connectivity index (χ1) is 14.0. The van der Waals surface area contributed by atoms with E-state index in [2.05, 4.69) is 46.6 Å². The number of tetrazole rings is 1. The van der Waals surface area contributed by atoms with Gasteiger partial charge >= 0.3 is 0 Å². The van der Waals surface area contributed by atoms with Crippen LogP contribution in [0, 0.1) is 0 Å². The standard InChI is InChI=1S/C21H21N5O3/c1-13(2)15-9-6-14(7-10-15)8-11-17(27)16-4-3-5-18-19(16)29-21(22,12-28-18)20-23-25-26-24-20/h3-11,13H,12,22H2,1-2H3,(H,23,24,25,26). The van der Waals surface area contributed by atoms with E-state index in [0.29, 0.717) is 17.2 Å². The zero-order chi connectivity index (χ0) is 20.4. The Morgan fingerprint density at radius 1 is 1.24 bits per heavy atom. The second-order valence-corrected chi connectivity index (χ2v) is 7.17. The molecule has 148 valence electrons. The van der Waals surface area contributed by atoms with Gasteiger partial charge < -0.3 is 9.47 Å². The molecule has 1 aromatic heterocycles. The van der Waals surface area contributed by atoms with Gasteiger partial charge in [0.15, 0.2) is 17.3 Å². The topological polar surface area (TPSA) is 116 Å². The third-order valence-electron chi connectivity index (χ3n) is 4.72. The fourth-order valence-electron chi connectivity index (χ4n) is 3.03. The average molecular weight is 391 g/mol. The summed E-state index contributed by atoms with van der Waals surface area (Å²) >= 11 is 0. The van der Waals surface area contributed by atoms with Gasteiger partial charge in [-0.05, 0) is 40.5 Å². The molecule has 1 atom stereocenters. The molecule has 0 saturated carbocycles. The fourth-order valence-corrected chi connectivity index (χ4v) is 3.03. The van der Waals surface area contributed by atoms with Crippen LogP contribution in [-0.4, -0.2) is 33.0 Å². The van der Waals surface area contributed by atoms with E-state index in [1.165, 1.54) is 11.6 Å². The second kappa shape index (κ2) is 7.48. The van der Waals surface area contributed by atoms with Gasteiger partial charge in [-0.2, -0.15) is 5.21 Å². The molecule has 3 aromatic rings. The molecule has 4 rings (SSSR count). The number of hydrogen-bond acceptors (Lipinski definition) is 7. The lowest BCUT2D eigenvalue weighted by Gasteiger charge is -2.33. The van der Waals surface area contributed by atoms with Gasteiger partial charge in [-0.1, -0.05) is 50.3 Å². The summed E-state index contributed by atoms with van der Waals surface area (Å²) in [6.45, 7) is 4.28. The molecule has 1 aliphatic rings. The number of nitrogens with zero attached hydrogens (tertiary/aromatic N) is 3. The number of aromatic nitrogens is 4. The summed E-state index contributed by atoms with van der Waals surface area (Å²) in [5.41, 5.74) is 7.34. The number of para-hydroxylation sites is 1. The molecule has 2 aromatic carbocycles. The van der Waals surface area contributed by atoms with Gasteiger partial charge in [-0.15, -0.1) is 10.2 Å². The number of ether oxygens (including phenoxy) is 2. The molecule has 1 aliphatic heterocycles. The Hall–Kier alpha value is -3.52. The van der Waals surface area contributed by atoms with Crippen LogP contribution in [0.4, 0.5) is 0 Å². The monoisotopic (exact) mass is 391 g/mol. The lowest BCUT2D eigenvalue weighted by Crippen LogP contribution is -2.51. The maximum atomic E-state index is 12.8. The van der Waals surface area contributed by atoms with Crippen LogP contribution in [0.3, 0.4) is 0 Å². The smallest absolute Gasteiger partial charge is 0.257 e. The summed E-state index contributed by atoms with van der Waals surface area (Å²) in [7, 11) is 0. The van der Waals surface area contributed by atoms with Crippen molar-refractivity contribution in [2.75, 3.05) is 6.61 Å². The van der Waals surface area contributed by atoms with E-state index in [1.54, 1.807) is 24.3 Å². The summed E-state index contributed by atoms with van der Waals surface area (Å²) in [4.78, 5) is 12.8. The van der Waals surface area contributed by atoms with Gasteiger partial charge in [0.25, 0.3) is 5.72 Å². The Balaban J connectivity index is 1.59. The predicted molar refractivity (Wildman–Crippen MR) is 107 cm³/mol. The second-order valence-electron chi connectivity index (χ2n) is 7.17. The molecular formula is C21H21N5O3. The Kier molecular flexibility index (Phi) is 4.85. The van der Waals surface area contributed by atoms with Crippen molar-refractivity contribution < 1.29 is 14.3 Å². The number of rotatable bonds is 5. The number of nitrogens with two attached hydrogens (primary N) is 1. The first-order valence-corrected chi connectivity index (χ1v) is 9.26. The van der Waals surface area contributed by atoms with Crippen molar-refractivity contribution >= 4 is 11.9 Å². The molecular weight excluding hydrogens is 370 g/mol. The van der Waals surface area contributed by atoms with Crippen molar-refractivity contribution in [1.29, 1.82) is 0 Å². The molecule has 1 unspecified atom stereocenters. The number of nitrogens with one attached hydrogen (secondary N) is 1. The molecule has 0 spiro atoms. The SMILES string of the molecule is CC(C)c1ccc(C=CC(=O)c2cccc3c2OC(N)(c2nn[nH]n2)CO3)cc1. The Labute approximate surface area is 167 Å². The number of allylic oxidation sites excluding steroid dienone is 1. The quantitative estimate of drug-likeness (QED) is 0.507. The van der Waals surface area contributed by atoms with Gasteiger partial charge in [0.05, 0.1) is 5.56 Å². The average Bonchev–Trinajstić information content (AvgIpc) is 3.28. The van der Waals surface area contributed by atoms with Crippen molar-refractivity contribution in [3.8, 4) is 11.5 Å². The highest BCUT2D eigenvalue weighted by molar-refractivity contribution is 6.09. The van der Waals surface area contributed by atoms with Gasteiger partial charge in [0.1, 0.15) is 6.61 Å². The van der Waals surface area contributed by atoms with Gasteiger partial charge in [0, 0.05) is 0 Å². The first-order valence-electron chi connectivity index (χ1n) is 9.26. The zero-order valence-corrected chi connectivity index (χ0v) is 16.1. The number of hydrogen-bond donors (Lipinski definition) is 2. The third-order valence-corrected chi connectivity index (χ3v) is 4.72. The number of aromatic amines is 1. The minimum Gasteiger partial charge on any atom is -0.483 e. The number of carbonyl (C=O) groups excluding carboxylic acids is 1. The fraction of sp³-hybridized carbons (Fsp3) is 0.238. The van der Waals surface area contributed by atoms with E-state index >= 15 is 0 Å². The third kappa shape index (κ3) is 3.74. The molecule has 0 radical (unpaired) electrons. The van der Waals surface area contributed by atoms with Crippen molar-refractivity contribution in [1.82, 2.24) is 20.6 Å². The number of fused-ring (bicyclic) bond motifs is 1. The molecule has 0 bridgehead atoms. The van der Waals surface area contributed by atoms with Crippen LogP contribution in [0.1, 0.15) is 47.1 Å². The maximum absolute atomic E-state index is 12.8. The minimum absolute atomic E-state index is 0.00475. The van der Waals surface area contributed by atoms with Gasteiger partial charge in [0.2, 0.25) is 5.82 Å². The van der Waals surface area contributed by atoms with Crippen LogP contribution in [0.5, 0.6) is 11.5 Å². The summed E-state index contributed by atoms with van der Waals surface area (Å²) < 4.78 is 11.6. The van der Waals surface area contributed by atoms with E-state index in [-0.39, 0.29) is 24.0 Å². The van der Waals surface area contributed by atoms with E-state index in [4.69, 9.17) is 15.2 Å². The summed E-state index contributed by atoms with van der Waals surface area (Å²) in [6.07, 6.45) is 3.27. The first kappa shape index (κ1) is 18.8. The van der Waals surface area contributed by atoms with Crippen LogP contribution >= 0.6 is 0 Å². The summed E-state index contributed by atoms with van der Waals surface area (Å²) in [6, 6.07) is 13.2. The minimum atomic E-state index is -1.44. The van der Waals surface area contributed by atoms with Crippen molar-refractivity contribution in [3.05, 3.63) is 71.1 Å². The molecule has 8 heteroatoms. The molecule has 0 fully saturated rings. The number of H-pyrrole nitrogens is 1. The van der Waals surface area contributed by atoms with Crippen LogP contribution in [0.2, 0.25) is 0 Å². The Morgan fingerprint density at radius 3 is 2.72 bits per heavy atom. The van der Waals surface area contributed by atoms with E-state index in [0.717, 1.165) is 5.56 Å². The maximum Gasteiger partial charge on any atom is 0.257 e. The number of carbonyl (C=O) groups is 1. The van der Waals surface area contributed by atoms with Crippen molar-refractivity contribution in [2.45, 2.75) is 25.5 Å². The molecule has 2 heterocycles. The molecule has 3 N–H and O–H groups in total. The van der Waals surface area contributed by atoms with Crippen molar-refractivity contribution in [3.63, 3.8) is 0 Å². The van der Waals surface area contributed by atoms with E-state index < -0.39 is 5.72 Å². The number of ketones is 1. The Morgan fingerprint density at radius 2 is 2.03 bits per heavy atom. The predicted octanol–water partition coefficient (Wildman–Crippen LogP) is 2.80. The zero-order valence-electron chi connectivity index (χ0n) is 16.1. The molecule has 8 nitrogen and oxygen atoms in total. The van der Waals surface area contributed by atoms with E-state index in [9.17, 15) is 4.79 Å². The van der Waals surface area contributed by atoms with Crippen LogP contribution in [0.15, 0.2) is 48.5 Å². The molecule has 0 amide bonds. The molecule has 29 heavy (non-hydrogen) atoms. The van der Waals surface area contributed by atoms with E-state index in [1.807, 2.05) is 12.1 Å². The highest BCUT2D eigenvalue weighted by Gasteiger charge is 2.41. The van der Waals surface area contributed by atoms with Gasteiger partial charge in [-0.3, -0.25) is 10.5 Å². The Bertz CT molecular complexity index is 1040. The normalized spacial score (nSPS) is 18.3. The van der Waals surface area contributed by atoms with Crippen molar-refractivity contribution in [2.24, 2.45) is 5.73 Å².